The molecule has 0 saturated carbocycles. The van der Waals surface area contributed by atoms with E-state index in [-0.39, 0.29) is 23.8 Å². The molecular weight excluding hydrogens is 412 g/mol. The molecule has 0 bridgehead atoms. The third-order valence-corrected chi connectivity index (χ3v) is 7.34. The molecule has 2 amide bonds. The molecule has 2 unspecified atom stereocenters. The van der Waals surface area contributed by atoms with Crippen LogP contribution in [-0.4, -0.2) is 44.9 Å². The fourth-order valence-electron chi connectivity index (χ4n) is 4.09. The summed E-state index contributed by atoms with van der Waals surface area (Å²) < 4.78 is 5.01. The molecule has 3 atom stereocenters. The number of nitrogens with zero attached hydrogens (tertiary/aromatic N) is 1. The van der Waals surface area contributed by atoms with Crippen LogP contribution in [0.25, 0.3) is 0 Å². The number of aryl methyl sites for hydroxylation is 1. The molecule has 0 aliphatic carbocycles. The molecule has 2 aromatic rings. The second-order valence-electron chi connectivity index (χ2n) is 8.36. The molecule has 2 aliphatic heterocycles. The first-order valence-electron chi connectivity index (χ1n) is 10.4. The molecule has 7 heteroatoms. The van der Waals surface area contributed by atoms with Crippen LogP contribution in [0.1, 0.15) is 42.3 Å². The average molecular weight is 439 g/mol. The van der Waals surface area contributed by atoms with Crippen LogP contribution in [0, 0.1) is 0 Å². The van der Waals surface area contributed by atoms with Gasteiger partial charge in [-0.3, -0.25) is 9.59 Å². The Bertz CT molecular complexity index is 1010. The molecule has 0 spiro atoms. The van der Waals surface area contributed by atoms with Gasteiger partial charge in [0.2, 0.25) is 5.91 Å². The minimum absolute atomic E-state index is 0.164. The van der Waals surface area contributed by atoms with Crippen molar-refractivity contribution in [1.29, 1.82) is 0 Å². The zero-order valence-corrected chi connectivity index (χ0v) is 18.6. The molecular formula is C24H26N2O4S. The fraction of sp³-hybridized carbons (Fsp3) is 0.375. The number of fused-ring (bicyclic) bond motifs is 1. The second-order valence-corrected chi connectivity index (χ2v) is 10.1. The summed E-state index contributed by atoms with van der Waals surface area (Å²) in [6.45, 7) is 6.05. The summed E-state index contributed by atoms with van der Waals surface area (Å²) in [5.41, 5.74) is 2.49. The quantitative estimate of drug-likeness (QED) is 0.554. The van der Waals surface area contributed by atoms with Crippen LogP contribution < -0.4 is 5.32 Å². The highest BCUT2D eigenvalue weighted by Crippen LogP contribution is 2.51. The van der Waals surface area contributed by atoms with E-state index >= 15 is 0 Å². The van der Waals surface area contributed by atoms with E-state index in [0.29, 0.717) is 5.56 Å². The molecule has 6 nitrogen and oxygen atoms in total. The van der Waals surface area contributed by atoms with Crippen LogP contribution in [-0.2, 0) is 27.4 Å². The van der Waals surface area contributed by atoms with Gasteiger partial charge in [-0.2, -0.15) is 0 Å². The lowest BCUT2D eigenvalue weighted by molar-refractivity contribution is -0.164. The van der Waals surface area contributed by atoms with E-state index in [4.69, 9.17) is 4.74 Å². The Kier molecular flexibility index (Phi) is 5.79. The van der Waals surface area contributed by atoms with Crippen LogP contribution in [0.2, 0.25) is 0 Å². The first kappa shape index (κ1) is 21.4. The number of esters is 1. The first-order valence-corrected chi connectivity index (χ1v) is 11.3. The van der Waals surface area contributed by atoms with E-state index in [1.54, 1.807) is 11.0 Å². The summed E-state index contributed by atoms with van der Waals surface area (Å²) in [6, 6.07) is 15.5. The number of thioether (sulfide) groups is 1. The van der Waals surface area contributed by atoms with Crippen molar-refractivity contribution < 1.29 is 19.1 Å². The van der Waals surface area contributed by atoms with Gasteiger partial charge in [-0.1, -0.05) is 49.4 Å². The number of carbonyl (C=O) groups excluding carboxylic acids is 3. The van der Waals surface area contributed by atoms with Crippen molar-refractivity contribution in [2.75, 3.05) is 0 Å². The molecule has 2 aliphatic rings. The highest BCUT2D eigenvalue weighted by atomic mass is 32.2. The lowest BCUT2D eigenvalue weighted by Gasteiger charge is -2.43. The normalized spacial score (nSPS) is 23.6. The molecule has 1 N–H and O–H groups in total. The summed E-state index contributed by atoms with van der Waals surface area (Å²) in [5.74, 6) is -0.941. The lowest BCUT2D eigenvalue weighted by atomic mass is 9.95. The number of benzene rings is 2. The van der Waals surface area contributed by atoms with Gasteiger partial charge in [0.05, 0.1) is 0 Å². The standard InChI is InChI=1S/C24H26N2O4S/c1-4-15-11-8-12-17(13-15)20(27)25-18-21(28)26-19(24(2,3)31-22(18)26)23(29)30-14-16-9-6-5-7-10-16/h5-13,18-19,22H,4,14H2,1-3H3,(H,25,27)/t18?,19?,22-/m0/s1. The molecule has 31 heavy (non-hydrogen) atoms. The summed E-state index contributed by atoms with van der Waals surface area (Å²) >= 11 is 1.52. The molecule has 2 fully saturated rings. The van der Waals surface area contributed by atoms with E-state index in [1.165, 1.54) is 11.8 Å². The van der Waals surface area contributed by atoms with E-state index in [2.05, 4.69) is 5.32 Å². The minimum atomic E-state index is -0.685. The number of β-lactam (4-membered cyclic amide) rings is 1. The van der Waals surface area contributed by atoms with E-state index in [9.17, 15) is 14.4 Å². The molecule has 2 saturated heterocycles. The third kappa shape index (κ3) is 4.06. The first-order chi connectivity index (χ1) is 14.8. The highest BCUT2D eigenvalue weighted by molar-refractivity contribution is 8.01. The summed E-state index contributed by atoms with van der Waals surface area (Å²) in [6.07, 6.45) is 0.830. The SMILES string of the molecule is CCc1cccc(C(=O)NC2C(=O)N3C(C(=O)OCc4ccccc4)C(C)(C)S[C@@H]23)c1. The van der Waals surface area contributed by atoms with Crippen molar-refractivity contribution in [2.45, 2.75) is 56.0 Å². The maximum Gasteiger partial charge on any atom is 0.330 e. The van der Waals surface area contributed by atoms with E-state index in [0.717, 1.165) is 17.5 Å². The van der Waals surface area contributed by atoms with Gasteiger partial charge in [-0.05, 0) is 43.5 Å². The largest absolute Gasteiger partial charge is 0.459 e. The molecule has 0 radical (unpaired) electrons. The molecule has 4 rings (SSSR count). The number of ether oxygens (including phenoxy) is 1. The Morgan fingerprint density at radius 1 is 1.10 bits per heavy atom. The van der Waals surface area contributed by atoms with Gasteiger partial charge in [0, 0.05) is 10.3 Å². The number of rotatable bonds is 6. The number of amides is 2. The predicted molar refractivity (Wildman–Crippen MR) is 119 cm³/mol. The molecule has 2 heterocycles. The van der Waals surface area contributed by atoms with Gasteiger partial charge in [0.25, 0.3) is 5.91 Å². The number of hydrogen-bond acceptors (Lipinski definition) is 5. The van der Waals surface area contributed by atoms with Gasteiger partial charge < -0.3 is 15.0 Å². The zero-order chi connectivity index (χ0) is 22.2. The van der Waals surface area contributed by atoms with Crippen molar-refractivity contribution in [2.24, 2.45) is 0 Å². The number of nitrogens with one attached hydrogen (secondary N) is 1. The van der Waals surface area contributed by atoms with Crippen LogP contribution in [0.5, 0.6) is 0 Å². The Labute approximate surface area is 186 Å². The highest BCUT2D eigenvalue weighted by Gasteiger charge is 2.64. The topological polar surface area (TPSA) is 75.7 Å². The summed E-state index contributed by atoms with van der Waals surface area (Å²) in [7, 11) is 0. The van der Waals surface area contributed by atoms with Gasteiger partial charge >= 0.3 is 5.97 Å². The van der Waals surface area contributed by atoms with Crippen molar-refractivity contribution in [3.05, 3.63) is 71.3 Å². The Hall–Kier alpha value is -2.80. The monoisotopic (exact) mass is 438 g/mol. The third-order valence-electron chi connectivity index (χ3n) is 5.77. The van der Waals surface area contributed by atoms with Gasteiger partial charge in [-0.25, -0.2) is 4.79 Å². The summed E-state index contributed by atoms with van der Waals surface area (Å²) in [5, 5.41) is 2.57. The minimum Gasteiger partial charge on any atom is -0.459 e. The smallest absolute Gasteiger partial charge is 0.330 e. The predicted octanol–water partition coefficient (Wildman–Crippen LogP) is 3.15. The van der Waals surface area contributed by atoms with Gasteiger partial charge in [0.1, 0.15) is 24.1 Å². The van der Waals surface area contributed by atoms with Gasteiger partial charge in [0.15, 0.2) is 0 Å². The van der Waals surface area contributed by atoms with Crippen LogP contribution in [0.15, 0.2) is 54.6 Å². The number of carbonyl (C=O) groups is 3. The maximum absolute atomic E-state index is 12.9. The van der Waals surface area contributed by atoms with Gasteiger partial charge in [-0.15, -0.1) is 11.8 Å². The zero-order valence-electron chi connectivity index (χ0n) is 17.8. The molecule has 0 aromatic heterocycles. The Morgan fingerprint density at radius 2 is 1.81 bits per heavy atom. The Morgan fingerprint density at radius 3 is 2.52 bits per heavy atom. The van der Waals surface area contributed by atoms with Crippen LogP contribution in [0.4, 0.5) is 0 Å². The van der Waals surface area contributed by atoms with Crippen molar-refractivity contribution in [1.82, 2.24) is 10.2 Å². The fourth-order valence-corrected chi connectivity index (χ4v) is 5.71. The van der Waals surface area contributed by atoms with Crippen molar-refractivity contribution in [3.63, 3.8) is 0 Å². The van der Waals surface area contributed by atoms with Crippen LogP contribution in [0.3, 0.4) is 0 Å². The van der Waals surface area contributed by atoms with Crippen molar-refractivity contribution in [3.8, 4) is 0 Å². The second kappa shape index (κ2) is 8.38. The average Bonchev–Trinajstić information content (AvgIpc) is 3.04. The Balaban J connectivity index is 1.43. The van der Waals surface area contributed by atoms with E-state index in [1.807, 2.05) is 69.3 Å². The molecule has 2 aromatic carbocycles. The van der Waals surface area contributed by atoms with E-state index < -0.39 is 22.8 Å². The lowest BCUT2D eigenvalue weighted by Crippen LogP contribution is -2.70. The summed E-state index contributed by atoms with van der Waals surface area (Å²) in [4.78, 5) is 40.0. The van der Waals surface area contributed by atoms with Crippen LogP contribution >= 0.6 is 11.8 Å². The number of hydrogen-bond donors (Lipinski definition) is 1. The maximum atomic E-state index is 12.9. The molecule has 162 valence electrons. The van der Waals surface area contributed by atoms with Crippen molar-refractivity contribution >= 4 is 29.5 Å².